The van der Waals surface area contributed by atoms with Crippen molar-refractivity contribution in [3.05, 3.63) is 241 Å². The van der Waals surface area contributed by atoms with Crippen molar-refractivity contribution in [3.63, 3.8) is 0 Å². The van der Waals surface area contributed by atoms with E-state index in [0.29, 0.717) is 78.3 Å². The number of carbonyl (C=O) groups is 4. The van der Waals surface area contributed by atoms with E-state index < -0.39 is 5.97 Å². The molecule has 12 heterocycles. The fraction of sp³-hybridized carbons (Fsp3) is 0.333. The zero-order valence-electron chi connectivity index (χ0n) is 72.6. The lowest BCUT2D eigenvalue weighted by atomic mass is 9.78. The summed E-state index contributed by atoms with van der Waals surface area (Å²) in [5, 5.41) is 31.7. The molecular weight excluding hydrogens is 1670 g/mol. The molecule has 4 fully saturated rings. The number of hydrogen-bond donors (Lipinski definition) is 9. The van der Waals surface area contributed by atoms with Gasteiger partial charge in [0.1, 0.15) is 106 Å². The number of nitrogens with two attached hydrogens (primary N) is 4. The van der Waals surface area contributed by atoms with E-state index in [4.69, 9.17) is 52.3 Å². The number of aryl methyl sites for hydroxylation is 2. The monoisotopic (exact) mass is 1790 g/mol. The zero-order chi connectivity index (χ0) is 89.2. The third-order valence-electron chi connectivity index (χ3n) is 26.8. The molecule has 0 bridgehead atoms. The van der Waals surface area contributed by atoms with E-state index in [0.717, 1.165) is 231 Å². The molecule has 31 nitrogen and oxygen atoms in total. The van der Waals surface area contributed by atoms with Gasteiger partial charge in [0, 0.05) is 86.0 Å². The first-order valence-corrected chi connectivity index (χ1v) is 44.8. The summed E-state index contributed by atoms with van der Waals surface area (Å²) in [6, 6.07) is 56.8. The van der Waals surface area contributed by atoms with Crippen molar-refractivity contribution in [2.75, 3.05) is 30.0 Å². The highest BCUT2D eigenvalue weighted by Gasteiger charge is 2.37. The predicted molar refractivity (Wildman–Crippen MR) is 519 cm³/mol. The Balaban J connectivity index is 0.000000129. The summed E-state index contributed by atoms with van der Waals surface area (Å²) in [5.41, 5.74) is 43.3. The zero-order valence-corrected chi connectivity index (χ0v) is 72.6. The molecule has 22 rings (SSSR count). The van der Waals surface area contributed by atoms with Gasteiger partial charge in [-0.25, -0.2) is 57.9 Å². The van der Waals surface area contributed by atoms with Crippen LogP contribution in [0.4, 0.5) is 23.3 Å². The topological polar surface area (TPSA) is 447 Å². The van der Waals surface area contributed by atoms with Gasteiger partial charge in [-0.05, 0) is 188 Å². The Labute approximate surface area is 768 Å². The number of aliphatic carboxylic acids is 1. The molecule has 0 atom stereocenters. The highest BCUT2D eigenvalue weighted by Crippen LogP contribution is 2.45. The van der Waals surface area contributed by atoms with E-state index in [-0.39, 0.29) is 75.6 Å². The standard InChI is InChI=1S/C29H30N6O2.C28H28N6O.C22H24N6O2.C20H20N6O2.3CH4/c30-28-27-26(24-16-22-8-4-5-9-23(22)33-24)34-29(35(27)32-18-31-28)21-13-10-19(11-14-21)12-15-25(36)37-17-20-6-2-1-3-7-20;1-17-6-5-9-21-15-22(32-24(17)21)25-26-27(29)30-16-31-34(26)28(33-25)20-12-10-19(11-13-20)23(35)14-18-7-3-2-4-8-18;1-12-4-3-5-15-10-16(26-17(12)15)18-19-20(23)24-11-25-28(19)21(27-18)13-6-8-14(9-7-13)22(29)30-2;21-18-17-16(15-9-13-3-1-2-4-14(13)24-15)25-19(26(17)23-10-22-18)11-5-7-12(8-6-11)20(27)28;;;/h1-9,16,18-19,21,33H,10-15,17H2,(H2,30,31,32);2-9,15-16,19-20,32H,10-14H2,1H3,(H2,29,30,31);3-5,10-11,13-14,26H,6-9H2,1-2H3,(H2,23,24,25);1-4,9-12,24H,5-8H2,(H,27,28)(H2,21,22,23);3*1H4. The molecule has 684 valence electrons. The maximum absolute atomic E-state index is 12.9. The van der Waals surface area contributed by atoms with E-state index >= 15 is 0 Å². The fourth-order valence-electron chi connectivity index (χ4n) is 19.8. The number of imidazole rings is 4. The molecule has 0 radical (unpaired) electrons. The summed E-state index contributed by atoms with van der Waals surface area (Å²) in [7, 11) is 1.45. The average molecular weight is 1790 g/mol. The van der Waals surface area contributed by atoms with Crippen LogP contribution in [0.1, 0.15) is 207 Å². The third kappa shape index (κ3) is 18.8. The lowest BCUT2D eigenvalue weighted by Gasteiger charge is -2.27. The van der Waals surface area contributed by atoms with Gasteiger partial charge in [0.2, 0.25) is 0 Å². The SMILES string of the molecule is C.C.C.COC(=O)C1CCC(c2nc(-c3cc4cccc(C)c4[nH]3)c3c(N)ncnn23)CC1.Cc1cccc2cc(-c3nc(C4CCC(C(=O)Cc5ccccc5)CC4)n4ncnc(N)c34)[nH]c12.Nc1ncnn2c(C3CCC(C(=O)O)CC3)nc(-c3cc4ccccc4[nH]3)c12.Nc1ncnn2c(C3CCC(CCC(=O)OCc4ccccc4)CC3)nc(-c3cc4ccccc4[nH]3)c12. The number of anilines is 4. The minimum Gasteiger partial charge on any atom is -0.481 e. The van der Waals surface area contributed by atoms with Crippen LogP contribution in [0.25, 0.3) is 111 Å². The molecule has 31 heteroatoms. The van der Waals surface area contributed by atoms with Crippen molar-refractivity contribution in [2.24, 2.45) is 23.7 Å². The maximum atomic E-state index is 12.9. The highest BCUT2D eigenvalue weighted by atomic mass is 16.5. The van der Waals surface area contributed by atoms with Crippen LogP contribution in [0.15, 0.2) is 195 Å². The molecule has 18 aromatic rings. The smallest absolute Gasteiger partial charge is 0.308 e. The van der Waals surface area contributed by atoms with Gasteiger partial charge in [-0.3, -0.25) is 19.2 Å². The molecule has 4 aliphatic carbocycles. The normalized spacial score (nSPS) is 18.4. The average Bonchev–Trinajstić information content (AvgIpc) is 1.61. The molecule has 4 saturated carbocycles. The van der Waals surface area contributed by atoms with E-state index in [1.807, 2.05) is 117 Å². The molecule has 12 aromatic heterocycles. The number of carboxylic acids is 1. The van der Waals surface area contributed by atoms with Crippen molar-refractivity contribution in [1.29, 1.82) is 0 Å². The van der Waals surface area contributed by atoms with E-state index in [9.17, 15) is 24.3 Å². The second-order valence-corrected chi connectivity index (χ2v) is 34.9. The van der Waals surface area contributed by atoms with Crippen LogP contribution < -0.4 is 22.9 Å². The molecular formula is C102H114N24O7. The summed E-state index contributed by atoms with van der Waals surface area (Å²) in [6.45, 7) is 4.51. The van der Waals surface area contributed by atoms with Gasteiger partial charge in [0.05, 0.1) is 41.7 Å². The lowest BCUT2D eigenvalue weighted by Crippen LogP contribution is -2.23. The van der Waals surface area contributed by atoms with Gasteiger partial charge >= 0.3 is 17.9 Å². The van der Waals surface area contributed by atoms with Crippen LogP contribution >= 0.6 is 0 Å². The number of rotatable bonds is 18. The molecule has 13 N–H and O–H groups in total. The van der Waals surface area contributed by atoms with Crippen LogP contribution in [-0.2, 0) is 41.7 Å². The first-order chi connectivity index (χ1) is 63.4. The molecule has 0 amide bonds. The lowest BCUT2D eigenvalue weighted by molar-refractivity contribution is -0.147. The number of hydrogen-bond acceptors (Lipinski definition) is 22. The number of carboxylic acid groups (broad SMARTS) is 1. The number of esters is 2. The predicted octanol–water partition coefficient (Wildman–Crippen LogP) is 19.6. The summed E-state index contributed by atoms with van der Waals surface area (Å²) < 4.78 is 17.7. The maximum Gasteiger partial charge on any atom is 0.308 e. The number of H-pyrrole nitrogens is 4. The first-order valence-electron chi connectivity index (χ1n) is 44.8. The van der Waals surface area contributed by atoms with E-state index in [2.05, 4.69) is 141 Å². The number of nitrogens with one attached hydrogen (secondary N) is 4. The molecule has 6 aromatic carbocycles. The van der Waals surface area contributed by atoms with Crippen LogP contribution in [0.2, 0.25) is 0 Å². The van der Waals surface area contributed by atoms with Crippen LogP contribution in [-0.4, -0.2) is 134 Å². The number of para-hydroxylation sites is 4. The van der Waals surface area contributed by atoms with E-state index in [1.54, 1.807) is 4.52 Å². The Morgan fingerprint density at radius 2 is 0.737 bits per heavy atom. The fourth-order valence-corrected chi connectivity index (χ4v) is 19.8. The number of ketones is 1. The highest BCUT2D eigenvalue weighted by molar-refractivity contribution is 5.96. The van der Waals surface area contributed by atoms with Crippen LogP contribution in [0, 0.1) is 37.5 Å². The molecule has 0 spiro atoms. The third-order valence-corrected chi connectivity index (χ3v) is 26.8. The quantitative estimate of drug-likeness (QED) is 0.0360. The van der Waals surface area contributed by atoms with Crippen LogP contribution in [0.3, 0.4) is 0 Å². The minimum atomic E-state index is -0.711. The number of carbonyl (C=O) groups excluding carboxylic acids is 3. The number of methoxy groups -OCH3 is 1. The van der Waals surface area contributed by atoms with Crippen molar-refractivity contribution in [2.45, 2.75) is 188 Å². The molecule has 0 aliphatic heterocycles. The Hall–Kier alpha value is -15.0. The Bertz CT molecular complexity index is 7130. The number of Topliss-reactive ketones (excluding diaryl/α,β-unsaturated/α-hetero) is 1. The van der Waals surface area contributed by atoms with Crippen molar-refractivity contribution in [3.8, 4) is 45.6 Å². The van der Waals surface area contributed by atoms with Crippen molar-refractivity contribution in [1.82, 2.24) is 98.3 Å². The Kier molecular flexibility index (Phi) is 27.3. The van der Waals surface area contributed by atoms with Crippen molar-refractivity contribution >= 4 is 113 Å². The molecule has 4 aliphatic rings. The number of nitrogen functional groups attached to an aromatic ring is 4. The summed E-state index contributed by atoms with van der Waals surface area (Å²) in [5.74, 6) is 5.67. The van der Waals surface area contributed by atoms with Gasteiger partial charge in [-0.2, -0.15) is 20.4 Å². The van der Waals surface area contributed by atoms with Gasteiger partial charge in [-0.1, -0.05) is 156 Å². The second-order valence-electron chi connectivity index (χ2n) is 34.9. The minimum absolute atomic E-state index is 0. The van der Waals surface area contributed by atoms with Gasteiger partial charge < -0.3 is 57.5 Å². The van der Waals surface area contributed by atoms with E-state index in [1.165, 1.54) is 43.5 Å². The number of ether oxygens (including phenoxy) is 2. The van der Waals surface area contributed by atoms with Crippen molar-refractivity contribution < 1.29 is 33.8 Å². The summed E-state index contributed by atoms with van der Waals surface area (Å²) in [6.07, 6.45) is 21.5. The number of benzene rings is 6. The number of fused-ring (bicyclic) bond motifs is 8. The van der Waals surface area contributed by atoms with Gasteiger partial charge in [-0.15, -0.1) is 0 Å². The summed E-state index contributed by atoms with van der Waals surface area (Å²) >= 11 is 0. The largest absolute Gasteiger partial charge is 0.481 e. The molecule has 0 unspecified atom stereocenters. The van der Waals surface area contributed by atoms with Crippen LogP contribution in [0.5, 0.6) is 0 Å². The number of nitrogens with zero attached hydrogens (tertiary/aromatic N) is 16. The van der Waals surface area contributed by atoms with Gasteiger partial charge in [0.15, 0.2) is 23.3 Å². The molecule has 0 saturated heterocycles. The molecule has 133 heavy (non-hydrogen) atoms. The number of aromatic amines is 4. The summed E-state index contributed by atoms with van der Waals surface area (Å²) in [4.78, 5) is 99.1. The Morgan fingerprint density at radius 3 is 1.11 bits per heavy atom. The van der Waals surface area contributed by atoms with Gasteiger partial charge in [0.25, 0.3) is 0 Å². The first kappa shape index (κ1) is 91.3. The Morgan fingerprint density at radius 1 is 0.398 bits per heavy atom. The second kappa shape index (κ2) is 39.7. The number of aromatic nitrogens is 20.